The highest BCUT2D eigenvalue weighted by molar-refractivity contribution is 6.13. The molecule has 9 aromatic carbocycles. The van der Waals surface area contributed by atoms with E-state index in [9.17, 15) is 0 Å². The molecule has 71 heavy (non-hydrogen) atoms. The highest BCUT2D eigenvalue weighted by Gasteiger charge is 2.37. The van der Waals surface area contributed by atoms with Gasteiger partial charge in [-0.3, -0.25) is 0 Å². The lowest BCUT2D eigenvalue weighted by molar-refractivity contribution is -0.137. The summed E-state index contributed by atoms with van der Waals surface area (Å²) in [4.78, 5) is 14.7. The highest BCUT2D eigenvalue weighted by atomic mass is 19.4. The molecule has 0 atom stereocenters. The molecule has 0 saturated heterocycles. The van der Waals surface area contributed by atoms with Crippen LogP contribution in [0.1, 0.15) is 22.3 Å². The maximum absolute atomic E-state index is 15.6. The Kier molecular flexibility index (Phi) is 11.2. The normalized spacial score (nSPS) is 11.9. The molecule has 11 rings (SSSR count). The van der Waals surface area contributed by atoms with E-state index in [0.29, 0.717) is 22.2 Å². The standard InChI is InChI=1S/C61H40F6N4/c1-37-17-9-11-23-44(37)41-29-31-54-48(33-41)49-34-42(45-24-12-10-18-38(45)2)30-32-55(49)71(54)56-50(46-25-13-15-27-52(46)60(62,63)64)35-43(36-51(56)47-26-14-16-28-53(47)61(65,66)67)59-69-57(39-19-5-3-6-20-39)68-58(70-59)40-21-7-4-8-22-40/h3-36H,1-2H3. The van der Waals surface area contributed by atoms with E-state index in [-0.39, 0.29) is 51.0 Å². The molecule has 0 aliphatic carbocycles. The highest BCUT2D eigenvalue weighted by Crippen LogP contribution is 2.49. The summed E-state index contributed by atoms with van der Waals surface area (Å²) in [6, 6.07) is 59.5. The van der Waals surface area contributed by atoms with Gasteiger partial charge < -0.3 is 4.57 Å². The van der Waals surface area contributed by atoms with Crippen LogP contribution in [0, 0.1) is 13.8 Å². The minimum absolute atomic E-state index is 0.00935. The lowest BCUT2D eigenvalue weighted by Crippen LogP contribution is -2.11. The molecular weight excluding hydrogens is 903 g/mol. The number of aryl methyl sites for hydroxylation is 2. The van der Waals surface area contributed by atoms with Gasteiger partial charge in [0, 0.05) is 38.6 Å². The molecule has 11 aromatic rings. The van der Waals surface area contributed by atoms with Crippen molar-refractivity contribution in [1.82, 2.24) is 19.5 Å². The lowest BCUT2D eigenvalue weighted by atomic mass is 9.88. The number of hydrogen-bond acceptors (Lipinski definition) is 3. The third-order valence-electron chi connectivity index (χ3n) is 13.0. The van der Waals surface area contributed by atoms with Crippen LogP contribution in [0.15, 0.2) is 206 Å². The molecular formula is C61H40F6N4. The van der Waals surface area contributed by atoms with Crippen LogP contribution >= 0.6 is 0 Å². The number of fused-ring (bicyclic) bond motifs is 3. The molecule has 0 amide bonds. The molecule has 0 spiro atoms. The summed E-state index contributed by atoms with van der Waals surface area (Å²) in [6.45, 7) is 4.04. The van der Waals surface area contributed by atoms with Gasteiger partial charge in [-0.2, -0.15) is 26.3 Å². The van der Waals surface area contributed by atoms with Crippen molar-refractivity contribution in [3.8, 4) is 84.4 Å². The number of aromatic nitrogens is 4. The largest absolute Gasteiger partial charge is 0.417 e. The van der Waals surface area contributed by atoms with E-state index < -0.39 is 23.5 Å². The average Bonchev–Trinajstić information content (AvgIpc) is 3.71. The molecule has 346 valence electrons. The Morgan fingerprint density at radius 2 is 0.676 bits per heavy atom. The van der Waals surface area contributed by atoms with Crippen LogP contribution in [-0.2, 0) is 12.4 Å². The van der Waals surface area contributed by atoms with E-state index in [0.717, 1.165) is 56.3 Å². The molecule has 2 heterocycles. The Hall–Kier alpha value is -8.63. The van der Waals surface area contributed by atoms with E-state index in [1.54, 1.807) is 12.1 Å². The molecule has 4 nitrogen and oxygen atoms in total. The van der Waals surface area contributed by atoms with Crippen LogP contribution in [0.4, 0.5) is 26.3 Å². The molecule has 0 N–H and O–H groups in total. The maximum Gasteiger partial charge on any atom is 0.417 e. The van der Waals surface area contributed by atoms with E-state index in [4.69, 9.17) is 15.0 Å². The smallest absolute Gasteiger partial charge is 0.308 e. The summed E-state index contributed by atoms with van der Waals surface area (Å²) in [5, 5.41) is 1.51. The van der Waals surface area contributed by atoms with Crippen LogP contribution < -0.4 is 0 Å². The van der Waals surface area contributed by atoms with Crippen molar-refractivity contribution in [2.24, 2.45) is 0 Å². The van der Waals surface area contributed by atoms with Crippen LogP contribution in [0.25, 0.3) is 106 Å². The number of alkyl halides is 6. The summed E-state index contributed by atoms with van der Waals surface area (Å²) in [5.74, 6) is 0.586. The van der Waals surface area contributed by atoms with Crippen LogP contribution in [0.2, 0.25) is 0 Å². The van der Waals surface area contributed by atoms with Crippen LogP contribution in [-0.4, -0.2) is 19.5 Å². The van der Waals surface area contributed by atoms with Crippen molar-refractivity contribution >= 4 is 21.8 Å². The third kappa shape index (κ3) is 8.31. The van der Waals surface area contributed by atoms with Crippen molar-refractivity contribution in [1.29, 1.82) is 0 Å². The average molecular weight is 943 g/mol. The fourth-order valence-electron chi connectivity index (χ4n) is 9.68. The fraction of sp³-hybridized carbons (Fsp3) is 0.0656. The number of nitrogens with zero attached hydrogens (tertiary/aromatic N) is 4. The first-order chi connectivity index (χ1) is 34.3. The molecule has 0 saturated carbocycles. The second-order valence-corrected chi connectivity index (χ2v) is 17.5. The van der Waals surface area contributed by atoms with Crippen LogP contribution in [0.3, 0.4) is 0 Å². The minimum Gasteiger partial charge on any atom is -0.308 e. The zero-order valence-electron chi connectivity index (χ0n) is 38.2. The molecule has 2 aromatic heterocycles. The van der Waals surface area contributed by atoms with E-state index in [2.05, 4.69) is 12.1 Å². The van der Waals surface area contributed by atoms with Crippen molar-refractivity contribution in [2.45, 2.75) is 26.2 Å². The van der Waals surface area contributed by atoms with E-state index in [1.165, 1.54) is 36.4 Å². The molecule has 0 radical (unpaired) electrons. The van der Waals surface area contributed by atoms with Gasteiger partial charge in [0.25, 0.3) is 0 Å². The Morgan fingerprint density at radius 1 is 0.324 bits per heavy atom. The summed E-state index contributed by atoms with van der Waals surface area (Å²) < 4.78 is 95.1. The Morgan fingerprint density at radius 3 is 1.07 bits per heavy atom. The van der Waals surface area contributed by atoms with Crippen molar-refractivity contribution in [3.63, 3.8) is 0 Å². The predicted octanol–water partition coefficient (Wildman–Crippen LogP) is 17.3. The SMILES string of the molecule is Cc1ccccc1-c1ccc2c(c1)c1cc(-c3ccccc3C)ccc1n2-c1c(-c2ccccc2C(F)(F)F)cc(-c2nc(-c3ccccc3)nc(-c3ccccc3)n2)cc1-c1ccccc1C(F)(F)F. The topological polar surface area (TPSA) is 43.6 Å². The number of halogens is 6. The van der Waals surface area contributed by atoms with Crippen molar-refractivity contribution in [2.75, 3.05) is 0 Å². The van der Waals surface area contributed by atoms with Gasteiger partial charge in [0.05, 0.1) is 27.8 Å². The molecule has 0 aliphatic heterocycles. The van der Waals surface area contributed by atoms with Gasteiger partial charge in [-0.25, -0.2) is 15.0 Å². The summed E-state index contributed by atoms with van der Waals surface area (Å²) in [5.41, 5.74) is 6.12. The maximum atomic E-state index is 15.6. The van der Waals surface area contributed by atoms with Gasteiger partial charge in [-0.15, -0.1) is 0 Å². The Bertz CT molecular complexity index is 3580. The van der Waals surface area contributed by atoms with Crippen LogP contribution in [0.5, 0.6) is 0 Å². The first kappa shape index (κ1) is 44.9. The van der Waals surface area contributed by atoms with Gasteiger partial charge in [-0.05, 0) is 107 Å². The van der Waals surface area contributed by atoms with Gasteiger partial charge in [0.2, 0.25) is 0 Å². The molecule has 0 bridgehead atoms. The Balaban J connectivity index is 1.32. The Labute approximate surface area is 405 Å². The zero-order chi connectivity index (χ0) is 49.0. The zero-order valence-corrected chi connectivity index (χ0v) is 38.2. The van der Waals surface area contributed by atoms with Gasteiger partial charge in [0.15, 0.2) is 17.5 Å². The monoisotopic (exact) mass is 942 g/mol. The van der Waals surface area contributed by atoms with E-state index in [1.807, 2.05) is 152 Å². The molecule has 0 aliphatic rings. The lowest BCUT2D eigenvalue weighted by Gasteiger charge is -2.24. The number of benzene rings is 9. The summed E-state index contributed by atoms with van der Waals surface area (Å²) in [7, 11) is 0. The molecule has 10 heteroatoms. The summed E-state index contributed by atoms with van der Waals surface area (Å²) >= 11 is 0. The van der Waals surface area contributed by atoms with Crippen molar-refractivity contribution < 1.29 is 26.3 Å². The quantitative estimate of drug-likeness (QED) is 0.143. The molecule has 0 unspecified atom stereocenters. The first-order valence-corrected chi connectivity index (χ1v) is 22.9. The summed E-state index contributed by atoms with van der Waals surface area (Å²) in [6.07, 6.45) is -9.73. The number of hydrogen-bond donors (Lipinski definition) is 0. The molecule has 0 fully saturated rings. The second-order valence-electron chi connectivity index (χ2n) is 17.5. The first-order valence-electron chi connectivity index (χ1n) is 22.9. The van der Waals surface area contributed by atoms with Gasteiger partial charge in [-0.1, -0.05) is 158 Å². The van der Waals surface area contributed by atoms with E-state index >= 15 is 26.3 Å². The minimum atomic E-state index is -4.87. The van der Waals surface area contributed by atoms with Crippen molar-refractivity contribution in [3.05, 3.63) is 229 Å². The number of rotatable bonds is 8. The second kappa shape index (κ2) is 17.7. The van der Waals surface area contributed by atoms with Gasteiger partial charge in [0.1, 0.15) is 0 Å². The van der Waals surface area contributed by atoms with Gasteiger partial charge >= 0.3 is 12.4 Å². The predicted molar refractivity (Wildman–Crippen MR) is 272 cm³/mol. The fourth-order valence-corrected chi connectivity index (χ4v) is 9.68. The third-order valence-corrected chi connectivity index (χ3v) is 13.0.